The van der Waals surface area contributed by atoms with Gasteiger partial charge in [-0.3, -0.25) is 4.79 Å². The Morgan fingerprint density at radius 1 is 1.20 bits per heavy atom. The lowest BCUT2D eigenvalue weighted by atomic mass is 10.1. The number of nitrogens with zero attached hydrogens (tertiary/aromatic N) is 1. The second-order valence-corrected chi connectivity index (χ2v) is 7.74. The van der Waals surface area contributed by atoms with Crippen LogP contribution in [0.4, 0.5) is 10.1 Å². The van der Waals surface area contributed by atoms with Gasteiger partial charge in [0.2, 0.25) is 5.91 Å². The van der Waals surface area contributed by atoms with Crippen LogP contribution in [0.3, 0.4) is 0 Å². The molecule has 0 aliphatic heterocycles. The zero-order valence-corrected chi connectivity index (χ0v) is 15.5. The van der Waals surface area contributed by atoms with Crippen LogP contribution in [0.5, 0.6) is 0 Å². The second-order valence-electron chi connectivity index (χ2n) is 5.66. The van der Waals surface area contributed by atoms with Crippen molar-refractivity contribution in [3.8, 4) is 11.3 Å². The molecule has 0 fully saturated rings. The van der Waals surface area contributed by atoms with Crippen molar-refractivity contribution in [2.75, 3.05) is 11.1 Å². The third kappa shape index (κ3) is 4.67. The first-order chi connectivity index (χ1) is 12.0. The molecule has 1 aromatic heterocycles. The van der Waals surface area contributed by atoms with Crippen LogP contribution in [-0.4, -0.2) is 16.6 Å². The van der Waals surface area contributed by atoms with Gasteiger partial charge in [0, 0.05) is 16.6 Å². The Morgan fingerprint density at radius 2 is 1.96 bits per heavy atom. The lowest BCUT2D eigenvalue weighted by Gasteiger charge is -2.07. The molecule has 0 saturated carbocycles. The minimum absolute atomic E-state index is 0.133. The van der Waals surface area contributed by atoms with Crippen molar-refractivity contribution in [3.63, 3.8) is 0 Å². The molecule has 25 heavy (non-hydrogen) atoms. The van der Waals surface area contributed by atoms with Crippen molar-refractivity contribution in [3.05, 3.63) is 64.8 Å². The number of thiazole rings is 1. The van der Waals surface area contributed by atoms with Crippen molar-refractivity contribution in [1.82, 2.24) is 4.98 Å². The molecule has 2 aromatic carbocycles. The number of carbonyl (C=O) groups is 1. The van der Waals surface area contributed by atoms with Crippen molar-refractivity contribution in [2.45, 2.75) is 18.2 Å². The Labute approximate surface area is 154 Å². The van der Waals surface area contributed by atoms with E-state index in [1.54, 1.807) is 13.0 Å². The topological polar surface area (TPSA) is 42.0 Å². The summed E-state index contributed by atoms with van der Waals surface area (Å²) in [5.74, 6) is -0.180. The number of nitrogens with one attached hydrogen (secondary N) is 1. The molecule has 3 rings (SSSR count). The summed E-state index contributed by atoms with van der Waals surface area (Å²) in [4.78, 5) is 16.7. The predicted octanol–water partition coefficient (Wildman–Crippen LogP) is 5.30. The van der Waals surface area contributed by atoms with Gasteiger partial charge in [-0.2, -0.15) is 0 Å². The maximum atomic E-state index is 13.1. The van der Waals surface area contributed by atoms with E-state index in [4.69, 9.17) is 0 Å². The van der Waals surface area contributed by atoms with Gasteiger partial charge < -0.3 is 5.32 Å². The van der Waals surface area contributed by atoms with Crippen LogP contribution in [0.1, 0.15) is 11.1 Å². The normalized spacial score (nSPS) is 10.7. The summed E-state index contributed by atoms with van der Waals surface area (Å²) >= 11 is 2.92. The number of anilines is 1. The van der Waals surface area contributed by atoms with Crippen LogP contribution in [0.2, 0.25) is 0 Å². The van der Waals surface area contributed by atoms with E-state index >= 15 is 0 Å². The summed E-state index contributed by atoms with van der Waals surface area (Å²) in [7, 11) is 0. The number of rotatable bonds is 5. The average molecular weight is 372 g/mol. The molecule has 6 heteroatoms. The number of aryl methyl sites for hydroxylation is 2. The van der Waals surface area contributed by atoms with E-state index in [9.17, 15) is 9.18 Å². The third-order valence-corrected chi connectivity index (χ3v) is 5.64. The molecule has 0 aliphatic rings. The minimum Gasteiger partial charge on any atom is -0.325 e. The smallest absolute Gasteiger partial charge is 0.234 e. The fraction of sp³-hybridized carbons (Fsp3) is 0.158. The van der Waals surface area contributed by atoms with E-state index in [2.05, 4.69) is 22.4 Å². The predicted molar refractivity (Wildman–Crippen MR) is 103 cm³/mol. The maximum Gasteiger partial charge on any atom is 0.234 e. The van der Waals surface area contributed by atoms with Gasteiger partial charge in [-0.1, -0.05) is 41.6 Å². The summed E-state index contributed by atoms with van der Waals surface area (Å²) in [6.45, 7) is 3.81. The molecule has 1 amide bonds. The molecular formula is C19H17FN2OS2. The van der Waals surface area contributed by atoms with Crippen molar-refractivity contribution < 1.29 is 9.18 Å². The SMILES string of the molecule is Cc1ccc(-c2csc(SCC(=O)Nc3ccc(F)cc3C)n2)cc1. The Balaban J connectivity index is 1.58. The minimum atomic E-state index is -0.309. The van der Waals surface area contributed by atoms with Crippen LogP contribution in [-0.2, 0) is 4.79 Å². The van der Waals surface area contributed by atoms with Crippen LogP contribution in [0.15, 0.2) is 52.2 Å². The molecule has 0 aliphatic carbocycles. The highest BCUT2D eigenvalue weighted by Crippen LogP contribution is 2.28. The van der Waals surface area contributed by atoms with Crippen LogP contribution in [0.25, 0.3) is 11.3 Å². The zero-order chi connectivity index (χ0) is 17.8. The van der Waals surface area contributed by atoms with Gasteiger partial charge in [0.1, 0.15) is 5.82 Å². The standard InChI is InChI=1S/C19H17FN2OS2/c1-12-3-5-14(6-4-12)17-10-24-19(22-17)25-11-18(23)21-16-8-7-15(20)9-13(16)2/h3-10H,11H2,1-2H3,(H,21,23). The van der Waals surface area contributed by atoms with Gasteiger partial charge in [-0.05, 0) is 37.6 Å². The summed E-state index contributed by atoms with van der Waals surface area (Å²) in [6, 6.07) is 12.5. The van der Waals surface area contributed by atoms with E-state index in [1.807, 2.05) is 24.4 Å². The van der Waals surface area contributed by atoms with Gasteiger partial charge in [0.15, 0.2) is 4.34 Å². The Hall–Kier alpha value is -2.18. The van der Waals surface area contributed by atoms with E-state index in [0.717, 1.165) is 15.6 Å². The van der Waals surface area contributed by atoms with Crippen LogP contribution < -0.4 is 5.32 Å². The first-order valence-electron chi connectivity index (χ1n) is 7.72. The highest BCUT2D eigenvalue weighted by atomic mass is 32.2. The Bertz CT molecular complexity index is 891. The largest absolute Gasteiger partial charge is 0.325 e. The second kappa shape index (κ2) is 7.80. The van der Waals surface area contributed by atoms with E-state index in [-0.39, 0.29) is 17.5 Å². The highest BCUT2D eigenvalue weighted by Gasteiger charge is 2.09. The molecular weight excluding hydrogens is 355 g/mol. The molecule has 0 unspecified atom stereocenters. The fourth-order valence-electron chi connectivity index (χ4n) is 2.26. The van der Waals surface area contributed by atoms with Gasteiger partial charge in [-0.15, -0.1) is 11.3 Å². The molecule has 0 spiro atoms. The summed E-state index contributed by atoms with van der Waals surface area (Å²) in [6.07, 6.45) is 0. The molecule has 1 N–H and O–H groups in total. The third-order valence-electron chi connectivity index (χ3n) is 3.62. The number of halogens is 1. The number of hydrogen-bond acceptors (Lipinski definition) is 4. The number of carbonyl (C=O) groups excluding carboxylic acids is 1. The number of thioether (sulfide) groups is 1. The zero-order valence-electron chi connectivity index (χ0n) is 13.9. The maximum absolute atomic E-state index is 13.1. The first kappa shape index (κ1) is 17.6. The molecule has 0 atom stereocenters. The van der Waals surface area contributed by atoms with Crippen LogP contribution >= 0.6 is 23.1 Å². The molecule has 0 radical (unpaired) electrons. The number of hydrogen-bond donors (Lipinski definition) is 1. The Kier molecular flexibility index (Phi) is 5.50. The molecule has 128 valence electrons. The van der Waals surface area contributed by atoms with Crippen molar-refractivity contribution in [2.24, 2.45) is 0 Å². The van der Waals surface area contributed by atoms with Crippen LogP contribution in [0, 0.1) is 19.7 Å². The molecule has 3 nitrogen and oxygen atoms in total. The summed E-state index contributed by atoms with van der Waals surface area (Å²) in [5, 5.41) is 4.80. The fourth-order valence-corrected chi connectivity index (χ4v) is 3.90. The number of aromatic nitrogens is 1. The first-order valence-corrected chi connectivity index (χ1v) is 9.59. The highest BCUT2D eigenvalue weighted by molar-refractivity contribution is 8.01. The number of amides is 1. The Morgan fingerprint density at radius 3 is 2.68 bits per heavy atom. The average Bonchev–Trinajstić information content (AvgIpc) is 3.05. The molecule has 1 heterocycles. The van der Waals surface area contributed by atoms with Crippen molar-refractivity contribution in [1.29, 1.82) is 0 Å². The van der Waals surface area contributed by atoms with E-state index < -0.39 is 0 Å². The summed E-state index contributed by atoms with van der Waals surface area (Å²) < 4.78 is 13.9. The lowest BCUT2D eigenvalue weighted by Crippen LogP contribution is -2.14. The summed E-state index contributed by atoms with van der Waals surface area (Å²) in [5.41, 5.74) is 4.53. The van der Waals surface area contributed by atoms with Gasteiger partial charge in [0.25, 0.3) is 0 Å². The molecule has 0 bridgehead atoms. The lowest BCUT2D eigenvalue weighted by molar-refractivity contribution is -0.113. The molecule has 0 saturated heterocycles. The number of benzene rings is 2. The van der Waals surface area contributed by atoms with E-state index in [1.165, 1.54) is 40.8 Å². The van der Waals surface area contributed by atoms with Gasteiger partial charge in [-0.25, -0.2) is 9.37 Å². The monoisotopic (exact) mass is 372 g/mol. The van der Waals surface area contributed by atoms with Gasteiger partial charge in [0.05, 0.1) is 11.4 Å². The van der Waals surface area contributed by atoms with E-state index in [0.29, 0.717) is 11.3 Å². The molecule has 3 aromatic rings. The van der Waals surface area contributed by atoms with Gasteiger partial charge >= 0.3 is 0 Å². The quantitative estimate of drug-likeness (QED) is 0.618. The van der Waals surface area contributed by atoms with Crippen molar-refractivity contribution >= 4 is 34.7 Å².